The number of aromatic nitrogens is 3. The first-order valence-corrected chi connectivity index (χ1v) is 8.38. The lowest BCUT2D eigenvalue weighted by Gasteiger charge is -2.34. The van der Waals surface area contributed by atoms with Crippen LogP contribution in [0.3, 0.4) is 0 Å². The maximum atomic E-state index is 6.32. The number of thiazole rings is 1. The third-order valence-corrected chi connectivity index (χ3v) is 5.39. The molecule has 1 saturated heterocycles. The summed E-state index contributed by atoms with van der Waals surface area (Å²) in [6.45, 7) is 9.04. The molecule has 21 heavy (non-hydrogen) atoms. The van der Waals surface area contributed by atoms with Gasteiger partial charge in [0, 0.05) is 50.7 Å². The van der Waals surface area contributed by atoms with Crippen LogP contribution in [0, 0.1) is 13.8 Å². The average molecular weight is 326 g/mol. The Morgan fingerprint density at radius 1 is 1.24 bits per heavy atom. The van der Waals surface area contributed by atoms with Crippen LogP contribution >= 0.6 is 22.9 Å². The monoisotopic (exact) mass is 325 g/mol. The van der Waals surface area contributed by atoms with Gasteiger partial charge in [-0.3, -0.25) is 9.58 Å². The van der Waals surface area contributed by atoms with Crippen LogP contribution in [0.4, 0.5) is 5.13 Å². The van der Waals surface area contributed by atoms with Crippen LogP contribution in [0.5, 0.6) is 0 Å². The third kappa shape index (κ3) is 3.07. The van der Waals surface area contributed by atoms with Crippen molar-refractivity contribution in [2.24, 2.45) is 7.05 Å². The summed E-state index contributed by atoms with van der Waals surface area (Å²) in [4.78, 5) is 9.37. The molecule has 2 aromatic rings. The quantitative estimate of drug-likeness (QED) is 0.869. The van der Waals surface area contributed by atoms with Gasteiger partial charge in [-0.1, -0.05) is 11.6 Å². The Bertz CT molecular complexity index is 627. The molecule has 0 aromatic carbocycles. The summed E-state index contributed by atoms with van der Waals surface area (Å²) in [7, 11) is 1.89. The van der Waals surface area contributed by atoms with Gasteiger partial charge in [0.05, 0.1) is 11.4 Å². The van der Waals surface area contributed by atoms with Gasteiger partial charge < -0.3 is 4.90 Å². The highest BCUT2D eigenvalue weighted by Gasteiger charge is 2.21. The number of rotatable bonds is 3. The van der Waals surface area contributed by atoms with E-state index in [0.717, 1.165) is 60.0 Å². The molecule has 3 heterocycles. The smallest absolute Gasteiger partial charge is 0.185 e. The Balaban J connectivity index is 1.61. The van der Waals surface area contributed by atoms with Crippen molar-refractivity contribution in [2.75, 3.05) is 31.1 Å². The molecule has 3 rings (SSSR count). The summed E-state index contributed by atoms with van der Waals surface area (Å²) in [5.74, 6) is 0. The highest BCUT2D eigenvalue weighted by Crippen LogP contribution is 2.24. The predicted molar refractivity (Wildman–Crippen MR) is 87.3 cm³/mol. The second-order valence-corrected chi connectivity index (χ2v) is 6.71. The number of hydrogen-bond acceptors (Lipinski definition) is 5. The van der Waals surface area contributed by atoms with Gasteiger partial charge in [0.15, 0.2) is 5.13 Å². The zero-order valence-electron chi connectivity index (χ0n) is 12.6. The van der Waals surface area contributed by atoms with E-state index in [-0.39, 0.29) is 0 Å². The average Bonchev–Trinajstić information content (AvgIpc) is 2.99. The molecule has 0 bridgehead atoms. The molecule has 0 atom stereocenters. The van der Waals surface area contributed by atoms with Crippen LogP contribution < -0.4 is 4.90 Å². The highest BCUT2D eigenvalue weighted by molar-refractivity contribution is 7.13. The van der Waals surface area contributed by atoms with Gasteiger partial charge in [0.2, 0.25) is 0 Å². The van der Waals surface area contributed by atoms with Gasteiger partial charge in [-0.2, -0.15) is 5.10 Å². The van der Waals surface area contributed by atoms with Gasteiger partial charge in [-0.15, -0.1) is 11.3 Å². The summed E-state index contributed by atoms with van der Waals surface area (Å²) in [6, 6.07) is 0. The maximum absolute atomic E-state index is 6.32. The minimum Gasteiger partial charge on any atom is -0.346 e. The molecule has 1 aliphatic heterocycles. The molecule has 0 saturated carbocycles. The van der Waals surface area contributed by atoms with E-state index in [4.69, 9.17) is 11.6 Å². The van der Waals surface area contributed by atoms with E-state index >= 15 is 0 Å². The topological polar surface area (TPSA) is 37.2 Å². The van der Waals surface area contributed by atoms with Crippen molar-refractivity contribution < 1.29 is 0 Å². The Morgan fingerprint density at radius 2 is 1.95 bits per heavy atom. The fourth-order valence-electron chi connectivity index (χ4n) is 2.66. The van der Waals surface area contributed by atoms with Gasteiger partial charge in [0.25, 0.3) is 0 Å². The Hall–Kier alpha value is -1.11. The molecule has 7 heteroatoms. The lowest BCUT2D eigenvalue weighted by Crippen LogP contribution is -2.46. The molecular weight excluding hydrogens is 306 g/mol. The standard InChI is InChI=1S/C14H20ClN5S/c1-10-9-21-14(16-10)20-6-4-19(5-7-20)8-12-11(2)17-18(3)13(12)15/h9H,4-8H2,1-3H3. The Kier molecular flexibility index (Phi) is 4.19. The summed E-state index contributed by atoms with van der Waals surface area (Å²) < 4.78 is 1.75. The van der Waals surface area contributed by atoms with E-state index in [2.05, 4.69) is 25.3 Å². The van der Waals surface area contributed by atoms with Crippen molar-refractivity contribution in [1.29, 1.82) is 0 Å². The largest absolute Gasteiger partial charge is 0.346 e. The normalized spacial score (nSPS) is 16.7. The molecule has 0 spiro atoms. The first kappa shape index (κ1) is 14.8. The van der Waals surface area contributed by atoms with Crippen LogP contribution in [0.2, 0.25) is 5.15 Å². The van der Waals surface area contributed by atoms with Gasteiger partial charge in [-0.05, 0) is 13.8 Å². The first-order valence-electron chi connectivity index (χ1n) is 7.12. The van der Waals surface area contributed by atoms with Gasteiger partial charge in [0.1, 0.15) is 5.15 Å². The Morgan fingerprint density at radius 3 is 2.48 bits per heavy atom. The lowest BCUT2D eigenvalue weighted by atomic mass is 10.2. The van der Waals surface area contributed by atoms with Crippen LogP contribution in [0.15, 0.2) is 5.38 Å². The first-order chi connectivity index (χ1) is 10.0. The van der Waals surface area contributed by atoms with E-state index in [1.807, 2.05) is 20.9 Å². The molecule has 2 aromatic heterocycles. The number of nitrogens with zero attached hydrogens (tertiary/aromatic N) is 5. The molecule has 0 aliphatic carbocycles. The summed E-state index contributed by atoms with van der Waals surface area (Å²) in [5.41, 5.74) is 3.29. The van der Waals surface area contributed by atoms with E-state index in [9.17, 15) is 0 Å². The third-order valence-electron chi connectivity index (χ3n) is 3.90. The second-order valence-electron chi connectivity index (χ2n) is 5.51. The van der Waals surface area contributed by atoms with Crippen molar-refractivity contribution in [3.63, 3.8) is 0 Å². The van der Waals surface area contributed by atoms with Crippen LogP contribution in [0.1, 0.15) is 17.0 Å². The van der Waals surface area contributed by atoms with Crippen LogP contribution in [-0.2, 0) is 13.6 Å². The van der Waals surface area contributed by atoms with E-state index in [1.54, 1.807) is 16.0 Å². The SMILES string of the molecule is Cc1csc(N2CCN(Cc3c(C)nn(C)c3Cl)CC2)n1. The number of anilines is 1. The molecule has 0 radical (unpaired) electrons. The highest BCUT2D eigenvalue weighted by atomic mass is 35.5. The Labute approximate surface area is 134 Å². The molecule has 0 unspecified atom stereocenters. The lowest BCUT2D eigenvalue weighted by molar-refractivity contribution is 0.249. The summed E-state index contributed by atoms with van der Waals surface area (Å²) in [5, 5.41) is 8.39. The fourth-order valence-corrected chi connectivity index (χ4v) is 3.75. The molecule has 5 nitrogen and oxygen atoms in total. The number of aryl methyl sites for hydroxylation is 3. The number of piperazine rings is 1. The van der Waals surface area contributed by atoms with Crippen molar-refractivity contribution in [2.45, 2.75) is 20.4 Å². The zero-order chi connectivity index (χ0) is 15.0. The van der Waals surface area contributed by atoms with Crippen LogP contribution in [-0.4, -0.2) is 45.8 Å². The molecule has 0 N–H and O–H groups in total. The van der Waals surface area contributed by atoms with E-state index in [0.29, 0.717) is 0 Å². The second kappa shape index (κ2) is 5.94. The van der Waals surface area contributed by atoms with Gasteiger partial charge >= 0.3 is 0 Å². The zero-order valence-corrected chi connectivity index (χ0v) is 14.2. The van der Waals surface area contributed by atoms with E-state index < -0.39 is 0 Å². The molecular formula is C14H20ClN5S. The minimum atomic E-state index is 0.755. The van der Waals surface area contributed by atoms with Gasteiger partial charge in [-0.25, -0.2) is 4.98 Å². The fraction of sp³-hybridized carbons (Fsp3) is 0.571. The van der Waals surface area contributed by atoms with Crippen molar-refractivity contribution >= 4 is 28.1 Å². The molecule has 0 amide bonds. The van der Waals surface area contributed by atoms with Crippen LogP contribution in [0.25, 0.3) is 0 Å². The summed E-state index contributed by atoms with van der Waals surface area (Å²) in [6.07, 6.45) is 0. The molecule has 1 aliphatic rings. The maximum Gasteiger partial charge on any atom is 0.185 e. The van der Waals surface area contributed by atoms with E-state index in [1.165, 1.54) is 0 Å². The molecule has 1 fully saturated rings. The van der Waals surface area contributed by atoms with Crippen molar-refractivity contribution in [3.05, 3.63) is 27.5 Å². The summed E-state index contributed by atoms with van der Waals surface area (Å²) >= 11 is 8.05. The minimum absolute atomic E-state index is 0.755. The molecule has 114 valence electrons. The van der Waals surface area contributed by atoms with Crippen molar-refractivity contribution in [1.82, 2.24) is 19.7 Å². The predicted octanol–water partition coefficient (Wildman–Crippen LogP) is 2.47. The number of hydrogen-bond donors (Lipinski definition) is 0. The van der Waals surface area contributed by atoms with Crippen molar-refractivity contribution in [3.8, 4) is 0 Å². The number of halogens is 1.